The molecule has 1 saturated heterocycles. The minimum Gasteiger partial charge on any atom is -0.397 e. The second kappa shape index (κ2) is 6.33. The van der Waals surface area contributed by atoms with Crippen molar-refractivity contribution in [1.29, 1.82) is 0 Å². The van der Waals surface area contributed by atoms with E-state index < -0.39 is 10.0 Å². The van der Waals surface area contributed by atoms with Gasteiger partial charge in [0.2, 0.25) is 10.0 Å². The maximum Gasteiger partial charge on any atom is 0.243 e. The van der Waals surface area contributed by atoms with Crippen molar-refractivity contribution < 1.29 is 8.42 Å². The van der Waals surface area contributed by atoms with E-state index in [0.29, 0.717) is 29.4 Å². The van der Waals surface area contributed by atoms with Crippen LogP contribution in [0.1, 0.15) is 37.7 Å². The van der Waals surface area contributed by atoms with Crippen molar-refractivity contribution in [2.24, 2.45) is 0 Å². The first-order valence-electron chi connectivity index (χ1n) is 6.98. The van der Waals surface area contributed by atoms with Gasteiger partial charge in [-0.3, -0.25) is 0 Å². The Hall–Kier alpha value is -0.780. The van der Waals surface area contributed by atoms with Crippen LogP contribution in [0, 0.1) is 6.92 Å². The van der Waals surface area contributed by atoms with E-state index in [1.807, 2.05) is 0 Å². The van der Waals surface area contributed by atoms with Gasteiger partial charge in [-0.05, 0) is 37.5 Å². The summed E-state index contributed by atoms with van der Waals surface area (Å²) in [6, 6.07) is 3.07. The largest absolute Gasteiger partial charge is 0.397 e. The number of aryl methyl sites for hydroxylation is 1. The highest BCUT2D eigenvalue weighted by atomic mass is 35.5. The van der Waals surface area contributed by atoms with Crippen molar-refractivity contribution in [3.05, 3.63) is 22.7 Å². The molecule has 0 aliphatic carbocycles. The Kier molecular flexibility index (Phi) is 4.94. The fourth-order valence-corrected chi connectivity index (χ4v) is 4.27. The van der Waals surface area contributed by atoms with Crippen molar-refractivity contribution in [3.63, 3.8) is 0 Å². The lowest BCUT2D eigenvalue weighted by atomic mass is 10.1. The van der Waals surface area contributed by atoms with Gasteiger partial charge in [-0.2, -0.15) is 4.31 Å². The summed E-state index contributed by atoms with van der Waals surface area (Å²) in [6.07, 6.45) is 5.21. The van der Waals surface area contributed by atoms with E-state index in [0.717, 1.165) is 25.7 Å². The minimum atomic E-state index is -3.47. The highest BCUT2D eigenvalue weighted by Crippen LogP contribution is 2.29. The lowest BCUT2D eigenvalue weighted by Crippen LogP contribution is -2.34. The van der Waals surface area contributed by atoms with Crippen LogP contribution in [0.3, 0.4) is 0 Å². The Morgan fingerprint density at radius 1 is 1.10 bits per heavy atom. The first kappa shape index (κ1) is 15.6. The fourth-order valence-electron chi connectivity index (χ4n) is 2.52. The highest BCUT2D eigenvalue weighted by molar-refractivity contribution is 7.89. The molecule has 2 N–H and O–H groups in total. The number of hydrogen-bond donors (Lipinski definition) is 1. The molecule has 0 saturated carbocycles. The van der Waals surface area contributed by atoms with Crippen LogP contribution in [0.2, 0.25) is 5.02 Å². The molecule has 112 valence electrons. The molecule has 6 heteroatoms. The highest BCUT2D eigenvalue weighted by Gasteiger charge is 2.25. The zero-order valence-corrected chi connectivity index (χ0v) is 13.3. The molecule has 1 aliphatic heterocycles. The molecule has 0 atom stereocenters. The average Bonchev–Trinajstić information content (AvgIpc) is 2.34. The van der Waals surface area contributed by atoms with Gasteiger partial charge in [0, 0.05) is 13.1 Å². The fraction of sp³-hybridized carbons (Fsp3) is 0.571. The van der Waals surface area contributed by atoms with Crippen LogP contribution in [0.15, 0.2) is 17.0 Å². The van der Waals surface area contributed by atoms with Gasteiger partial charge in [0.05, 0.1) is 15.6 Å². The van der Waals surface area contributed by atoms with E-state index >= 15 is 0 Å². The third-order valence-electron chi connectivity index (χ3n) is 3.71. The summed E-state index contributed by atoms with van der Waals surface area (Å²) in [4.78, 5) is 0.248. The second-order valence-electron chi connectivity index (χ2n) is 5.32. The topological polar surface area (TPSA) is 63.4 Å². The zero-order valence-electron chi connectivity index (χ0n) is 11.7. The number of anilines is 1. The summed E-state index contributed by atoms with van der Waals surface area (Å²) >= 11 is 6.00. The lowest BCUT2D eigenvalue weighted by Gasteiger charge is -2.24. The molecule has 20 heavy (non-hydrogen) atoms. The quantitative estimate of drug-likeness (QED) is 0.852. The molecule has 0 unspecified atom stereocenters. The van der Waals surface area contributed by atoms with Crippen molar-refractivity contribution in [1.82, 2.24) is 4.31 Å². The predicted octanol–water partition coefficient (Wildman–Crippen LogP) is 3.19. The van der Waals surface area contributed by atoms with Crippen LogP contribution in [-0.2, 0) is 10.0 Å². The number of benzene rings is 1. The zero-order chi connectivity index (χ0) is 14.8. The number of hydrogen-bond acceptors (Lipinski definition) is 3. The van der Waals surface area contributed by atoms with Gasteiger partial charge in [-0.15, -0.1) is 0 Å². The van der Waals surface area contributed by atoms with Crippen LogP contribution < -0.4 is 5.73 Å². The third kappa shape index (κ3) is 3.27. The Morgan fingerprint density at radius 2 is 1.65 bits per heavy atom. The average molecular weight is 317 g/mol. The molecule has 0 radical (unpaired) electrons. The maximum atomic E-state index is 12.7. The molecule has 2 rings (SSSR count). The van der Waals surface area contributed by atoms with Crippen LogP contribution >= 0.6 is 11.6 Å². The monoisotopic (exact) mass is 316 g/mol. The third-order valence-corrected chi connectivity index (χ3v) is 6.10. The standard InChI is InChI=1S/C14H21ClN2O2S/c1-11-9-12(10-13(16)14(11)15)20(18,19)17-7-5-3-2-4-6-8-17/h9-10H,2-8,16H2,1H3. The van der Waals surface area contributed by atoms with E-state index in [2.05, 4.69) is 0 Å². The van der Waals surface area contributed by atoms with Gasteiger partial charge in [-0.1, -0.05) is 30.9 Å². The molecule has 0 spiro atoms. The normalized spacial score (nSPS) is 18.5. The Labute approximate surface area is 126 Å². The molecular weight excluding hydrogens is 296 g/mol. The van der Waals surface area contributed by atoms with Gasteiger partial charge in [0.1, 0.15) is 0 Å². The summed E-state index contributed by atoms with van der Waals surface area (Å²) in [5.74, 6) is 0. The van der Waals surface area contributed by atoms with Crippen LogP contribution in [0.25, 0.3) is 0 Å². The van der Waals surface area contributed by atoms with Gasteiger partial charge >= 0.3 is 0 Å². The van der Waals surface area contributed by atoms with Crippen molar-refractivity contribution >= 4 is 27.3 Å². The molecule has 1 aliphatic rings. The molecule has 1 aromatic carbocycles. The van der Waals surface area contributed by atoms with Crippen LogP contribution in [0.4, 0.5) is 5.69 Å². The number of nitrogens with two attached hydrogens (primary N) is 1. The van der Waals surface area contributed by atoms with E-state index in [4.69, 9.17) is 17.3 Å². The lowest BCUT2D eigenvalue weighted by molar-refractivity contribution is 0.364. The molecular formula is C14H21ClN2O2S. The SMILES string of the molecule is Cc1cc(S(=O)(=O)N2CCCCCCC2)cc(N)c1Cl. The first-order valence-corrected chi connectivity index (χ1v) is 8.80. The van der Waals surface area contributed by atoms with Crippen LogP contribution in [-0.4, -0.2) is 25.8 Å². The molecule has 4 nitrogen and oxygen atoms in total. The Balaban J connectivity index is 2.33. The first-order chi connectivity index (χ1) is 9.43. The molecule has 1 heterocycles. The molecule has 1 fully saturated rings. The maximum absolute atomic E-state index is 12.7. The molecule has 1 aromatic rings. The van der Waals surface area contributed by atoms with Gasteiger partial charge in [-0.25, -0.2) is 8.42 Å². The summed E-state index contributed by atoms with van der Waals surface area (Å²) < 4.78 is 27.0. The number of rotatable bonds is 2. The van der Waals surface area contributed by atoms with Crippen molar-refractivity contribution in [2.75, 3.05) is 18.8 Å². The van der Waals surface area contributed by atoms with E-state index in [1.165, 1.54) is 12.5 Å². The number of halogens is 1. The number of nitrogen functional groups attached to an aromatic ring is 1. The number of sulfonamides is 1. The summed E-state index contributed by atoms with van der Waals surface area (Å²) in [6.45, 7) is 2.94. The Morgan fingerprint density at radius 3 is 2.20 bits per heavy atom. The molecule has 0 amide bonds. The van der Waals surface area contributed by atoms with E-state index in [9.17, 15) is 8.42 Å². The summed E-state index contributed by atoms with van der Waals surface area (Å²) in [5, 5.41) is 0.427. The summed E-state index contributed by atoms with van der Waals surface area (Å²) in [7, 11) is -3.47. The second-order valence-corrected chi connectivity index (χ2v) is 7.63. The minimum absolute atomic E-state index is 0.248. The summed E-state index contributed by atoms with van der Waals surface area (Å²) in [5.41, 5.74) is 6.80. The van der Waals surface area contributed by atoms with Crippen molar-refractivity contribution in [3.8, 4) is 0 Å². The van der Waals surface area contributed by atoms with E-state index in [-0.39, 0.29) is 4.90 Å². The van der Waals surface area contributed by atoms with E-state index in [1.54, 1.807) is 17.3 Å². The smallest absolute Gasteiger partial charge is 0.243 e. The molecule has 0 bridgehead atoms. The van der Waals surface area contributed by atoms with Crippen molar-refractivity contribution in [2.45, 2.75) is 43.9 Å². The Bertz CT molecular complexity index is 556. The predicted molar refractivity (Wildman–Crippen MR) is 82.4 cm³/mol. The van der Waals surface area contributed by atoms with Gasteiger partial charge < -0.3 is 5.73 Å². The van der Waals surface area contributed by atoms with Gasteiger partial charge in [0.25, 0.3) is 0 Å². The number of nitrogens with zero attached hydrogens (tertiary/aromatic N) is 1. The van der Waals surface area contributed by atoms with Crippen LogP contribution in [0.5, 0.6) is 0 Å². The molecule has 0 aromatic heterocycles. The van der Waals surface area contributed by atoms with Gasteiger partial charge in [0.15, 0.2) is 0 Å².